The Morgan fingerprint density at radius 2 is 1.57 bits per heavy atom. The average Bonchev–Trinajstić information content (AvgIpc) is 3.15. The molecular weight excluding hydrogens is 444 g/mol. The maximum Gasteiger partial charge on any atom is 0.305 e. The van der Waals surface area contributed by atoms with Gasteiger partial charge in [-0.25, -0.2) is 0 Å². The van der Waals surface area contributed by atoms with E-state index in [1.807, 2.05) is 0 Å². The van der Waals surface area contributed by atoms with Gasteiger partial charge in [-0.2, -0.15) is 0 Å². The van der Waals surface area contributed by atoms with Crippen molar-refractivity contribution in [3.05, 3.63) is 11.8 Å². The molecule has 0 aromatic carbocycles. The van der Waals surface area contributed by atoms with E-state index in [1.54, 1.807) is 6.26 Å². The molecule has 35 heavy (non-hydrogen) atoms. The van der Waals surface area contributed by atoms with E-state index in [-0.39, 0.29) is 28.6 Å². The molecule has 5 aliphatic rings. The van der Waals surface area contributed by atoms with Crippen molar-refractivity contribution >= 4 is 11.9 Å². The van der Waals surface area contributed by atoms with Crippen LogP contribution in [0.3, 0.4) is 0 Å². The number of hydrogen-bond donors (Lipinski definition) is 1. The molecule has 1 N–H and O–H groups in total. The molecule has 196 valence electrons. The van der Waals surface area contributed by atoms with Crippen molar-refractivity contribution in [1.82, 2.24) is 0 Å². The van der Waals surface area contributed by atoms with Gasteiger partial charge in [-0.3, -0.25) is 9.59 Å². The number of ether oxygens (including phenoxy) is 3. The van der Waals surface area contributed by atoms with Crippen LogP contribution in [-0.4, -0.2) is 35.5 Å². The van der Waals surface area contributed by atoms with Crippen LogP contribution in [0.15, 0.2) is 11.8 Å². The minimum atomic E-state index is -0.802. The molecule has 1 aliphatic heterocycles. The lowest BCUT2D eigenvalue weighted by atomic mass is 9.34. The number of carbonyl (C=O) groups is 2. The normalized spacial score (nSPS) is 49.8. The number of aliphatic hydroxyl groups excluding tert-OH is 1. The Kier molecular flexibility index (Phi) is 5.71. The summed E-state index contributed by atoms with van der Waals surface area (Å²) in [6.07, 6.45) is 7.26. The summed E-state index contributed by atoms with van der Waals surface area (Å²) in [5.41, 5.74) is 0.760. The Hall–Kier alpha value is -1.56. The molecule has 4 saturated carbocycles. The predicted molar refractivity (Wildman–Crippen MR) is 131 cm³/mol. The fourth-order valence-corrected chi connectivity index (χ4v) is 10.3. The summed E-state index contributed by atoms with van der Waals surface area (Å²) in [5.74, 6) is 0.0707. The summed E-state index contributed by atoms with van der Waals surface area (Å²) >= 11 is 0. The monoisotopic (exact) mass is 488 g/mol. The van der Waals surface area contributed by atoms with Crippen LogP contribution in [0.5, 0.6) is 0 Å². The molecule has 4 fully saturated rings. The van der Waals surface area contributed by atoms with Crippen molar-refractivity contribution in [3.8, 4) is 0 Å². The Labute approximate surface area is 210 Å². The lowest BCUT2D eigenvalue weighted by molar-refractivity contribution is -0.262. The van der Waals surface area contributed by atoms with Gasteiger partial charge in [-0.1, -0.05) is 41.0 Å². The highest BCUT2D eigenvalue weighted by atomic mass is 16.7. The van der Waals surface area contributed by atoms with Gasteiger partial charge in [0, 0.05) is 24.8 Å². The maximum atomic E-state index is 12.1. The van der Waals surface area contributed by atoms with Crippen molar-refractivity contribution in [1.29, 1.82) is 0 Å². The van der Waals surface area contributed by atoms with Crippen molar-refractivity contribution < 1.29 is 28.9 Å². The van der Waals surface area contributed by atoms with Crippen LogP contribution in [0.2, 0.25) is 0 Å². The molecule has 0 spiro atoms. The highest BCUT2D eigenvalue weighted by molar-refractivity contribution is 5.67. The van der Waals surface area contributed by atoms with Crippen LogP contribution in [-0.2, 0) is 23.8 Å². The van der Waals surface area contributed by atoms with Crippen LogP contribution in [0.1, 0.15) is 93.4 Å². The first-order chi connectivity index (χ1) is 16.2. The molecule has 10 atom stereocenters. The number of fused-ring (bicyclic) bond motifs is 7. The summed E-state index contributed by atoms with van der Waals surface area (Å²) in [6, 6.07) is 0. The minimum absolute atomic E-state index is 0.0139. The first kappa shape index (κ1) is 25.1. The minimum Gasteiger partial charge on any atom is -0.462 e. The number of esters is 2. The first-order valence-electron chi connectivity index (χ1n) is 13.6. The molecule has 0 amide bonds. The van der Waals surface area contributed by atoms with Crippen molar-refractivity contribution in [2.75, 3.05) is 0 Å². The quantitative estimate of drug-likeness (QED) is 0.526. The Bertz CT molecular complexity index is 939. The first-order valence-corrected chi connectivity index (χ1v) is 13.6. The Morgan fingerprint density at radius 3 is 2.23 bits per heavy atom. The van der Waals surface area contributed by atoms with Gasteiger partial charge in [0.25, 0.3) is 6.29 Å². The third-order valence-electron chi connectivity index (χ3n) is 11.6. The molecule has 0 unspecified atom stereocenters. The van der Waals surface area contributed by atoms with Crippen molar-refractivity contribution in [2.24, 2.45) is 45.3 Å². The van der Waals surface area contributed by atoms with Gasteiger partial charge < -0.3 is 19.3 Å². The lowest BCUT2D eigenvalue weighted by Gasteiger charge is -2.71. The molecule has 6 nitrogen and oxygen atoms in total. The summed E-state index contributed by atoms with van der Waals surface area (Å²) in [6.45, 7) is 14.8. The summed E-state index contributed by atoms with van der Waals surface area (Å²) in [4.78, 5) is 24.1. The van der Waals surface area contributed by atoms with Gasteiger partial charge >= 0.3 is 11.9 Å². The highest BCUT2D eigenvalue weighted by Gasteiger charge is 2.71. The third kappa shape index (κ3) is 3.44. The lowest BCUT2D eigenvalue weighted by Crippen LogP contribution is -2.68. The van der Waals surface area contributed by atoms with Crippen LogP contribution >= 0.6 is 0 Å². The standard InChI is InChI=1S/C29H44O6/c1-16(30)34-19-13-22-28(6)12-9-20-26(3,4)10-8-11-27(20,5)21(28)14-23(32)29(22,7)24-18(19)15-33-25(24)35-17(2)31/h15,19-25,32H,8-14H2,1-7H3/t19-,20-,21-,22+,23-,24+,25-,27-,28+,29+/m0/s1. The smallest absolute Gasteiger partial charge is 0.305 e. The molecule has 6 heteroatoms. The van der Waals surface area contributed by atoms with E-state index < -0.39 is 29.9 Å². The summed E-state index contributed by atoms with van der Waals surface area (Å²) in [5, 5.41) is 12.0. The van der Waals surface area contributed by atoms with Crippen LogP contribution in [0.4, 0.5) is 0 Å². The largest absolute Gasteiger partial charge is 0.462 e. The highest BCUT2D eigenvalue weighted by Crippen LogP contribution is 2.74. The van der Waals surface area contributed by atoms with Crippen molar-refractivity contribution in [2.45, 2.75) is 112 Å². The van der Waals surface area contributed by atoms with Crippen LogP contribution in [0.25, 0.3) is 0 Å². The van der Waals surface area contributed by atoms with E-state index >= 15 is 0 Å². The number of aliphatic hydroxyl groups is 1. The predicted octanol–water partition coefficient (Wildman–Crippen LogP) is 5.38. The topological polar surface area (TPSA) is 82.1 Å². The second-order valence-corrected chi connectivity index (χ2v) is 13.7. The maximum absolute atomic E-state index is 12.1. The van der Waals surface area contributed by atoms with E-state index in [0.717, 1.165) is 18.4 Å². The second kappa shape index (κ2) is 7.97. The molecule has 0 saturated heterocycles. The Morgan fingerprint density at radius 1 is 0.914 bits per heavy atom. The molecular formula is C29H44O6. The van der Waals surface area contributed by atoms with Gasteiger partial charge in [-0.05, 0) is 72.5 Å². The second-order valence-electron chi connectivity index (χ2n) is 13.7. The Balaban J connectivity index is 1.59. The van der Waals surface area contributed by atoms with E-state index in [4.69, 9.17) is 14.2 Å². The van der Waals surface area contributed by atoms with E-state index in [9.17, 15) is 14.7 Å². The fraction of sp³-hybridized carbons (Fsp3) is 0.862. The van der Waals surface area contributed by atoms with Gasteiger partial charge in [0.2, 0.25) is 0 Å². The van der Waals surface area contributed by atoms with Gasteiger partial charge in [0.1, 0.15) is 6.10 Å². The summed E-state index contributed by atoms with van der Waals surface area (Å²) in [7, 11) is 0. The number of hydrogen-bond acceptors (Lipinski definition) is 6. The van der Waals surface area contributed by atoms with E-state index in [1.165, 1.54) is 39.5 Å². The van der Waals surface area contributed by atoms with Gasteiger partial charge in [0.05, 0.1) is 18.3 Å². The number of carbonyl (C=O) groups excluding carboxylic acids is 2. The summed E-state index contributed by atoms with van der Waals surface area (Å²) < 4.78 is 17.4. The molecule has 1 heterocycles. The van der Waals surface area contributed by atoms with E-state index in [0.29, 0.717) is 23.7 Å². The zero-order chi connectivity index (χ0) is 25.6. The third-order valence-corrected chi connectivity index (χ3v) is 11.6. The molecule has 0 radical (unpaired) electrons. The van der Waals surface area contributed by atoms with Gasteiger partial charge in [0.15, 0.2) is 0 Å². The SMILES string of the molecule is CC(=O)O[C@@H]1OC=C2[C@@H](OC(C)=O)C[C@@H]3[C@]4(C)CC[C@H]5C(C)(C)CCC[C@]5(C)[C@@H]4C[C@H](O)[C@]3(C)[C@H]21. The van der Waals surface area contributed by atoms with E-state index in [2.05, 4.69) is 34.6 Å². The molecule has 5 rings (SSSR count). The molecule has 4 aliphatic carbocycles. The van der Waals surface area contributed by atoms with Crippen LogP contribution < -0.4 is 0 Å². The number of rotatable bonds is 2. The fourth-order valence-electron chi connectivity index (χ4n) is 10.3. The molecule has 0 bridgehead atoms. The van der Waals surface area contributed by atoms with Crippen LogP contribution in [0, 0.1) is 45.3 Å². The zero-order valence-electron chi connectivity index (χ0n) is 22.6. The average molecular weight is 489 g/mol. The molecule has 0 aromatic rings. The van der Waals surface area contributed by atoms with Gasteiger partial charge in [-0.15, -0.1) is 0 Å². The zero-order valence-corrected chi connectivity index (χ0v) is 22.6. The molecule has 0 aromatic heterocycles. The van der Waals surface area contributed by atoms with Crippen molar-refractivity contribution in [3.63, 3.8) is 0 Å².